The zero-order valence-electron chi connectivity index (χ0n) is 10.4. The predicted octanol–water partition coefficient (Wildman–Crippen LogP) is 2.49. The molecule has 0 fully saturated rings. The van der Waals surface area contributed by atoms with Gasteiger partial charge in [-0.1, -0.05) is 6.07 Å². The summed E-state index contributed by atoms with van der Waals surface area (Å²) in [4.78, 5) is 8.74. The van der Waals surface area contributed by atoms with E-state index in [0.29, 0.717) is 6.54 Å². The quantitative estimate of drug-likeness (QED) is 0.805. The van der Waals surface area contributed by atoms with Gasteiger partial charge in [0.1, 0.15) is 21.6 Å². The zero-order valence-corrected chi connectivity index (χ0v) is 12.0. The number of nitrogens with two attached hydrogens (primary N) is 1. The summed E-state index contributed by atoms with van der Waals surface area (Å²) >= 11 is 3.58. The summed E-state index contributed by atoms with van der Waals surface area (Å²) in [6.07, 6.45) is 2.20. The molecule has 2 aromatic heterocycles. The van der Waals surface area contributed by atoms with Gasteiger partial charge >= 0.3 is 0 Å². The van der Waals surface area contributed by atoms with E-state index in [2.05, 4.69) is 25.9 Å². The van der Waals surface area contributed by atoms with Crippen molar-refractivity contribution in [2.24, 2.45) is 12.8 Å². The van der Waals surface area contributed by atoms with Crippen molar-refractivity contribution in [2.75, 3.05) is 6.54 Å². The average molecular weight is 321 g/mol. The van der Waals surface area contributed by atoms with E-state index in [-0.39, 0.29) is 0 Å². The first-order valence-corrected chi connectivity index (χ1v) is 6.75. The van der Waals surface area contributed by atoms with E-state index in [9.17, 15) is 0 Å². The molecule has 6 heteroatoms. The van der Waals surface area contributed by atoms with Crippen molar-refractivity contribution < 1.29 is 4.42 Å². The van der Waals surface area contributed by atoms with E-state index in [1.807, 2.05) is 29.8 Å². The predicted molar refractivity (Wildman–Crippen MR) is 76.7 cm³/mol. The fourth-order valence-electron chi connectivity index (χ4n) is 2.06. The number of aromatic nitrogens is 3. The monoisotopic (exact) mass is 320 g/mol. The summed E-state index contributed by atoms with van der Waals surface area (Å²) in [5.74, 6) is 0.960. The first-order valence-electron chi connectivity index (χ1n) is 5.95. The Labute approximate surface area is 118 Å². The first kappa shape index (κ1) is 12.4. The van der Waals surface area contributed by atoms with Crippen LogP contribution in [-0.2, 0) is 13.5 Å². The number of hydrogen-bond acceptors (Lipinski definition) is 4. The molecule has 0 spiro atoms. The lowest BCUT2D eigenvalue weighted by Gasteiger charge is -1.99. The van der Waals surface area contributed by atoms with Gasteiger partial charge in [0.2, 0.25) is 0 Å². The van der Waals surface area contributed by atoms with Crippen molar-refractivity contribution in [3.8, 4) is 11.3 Å². The van der Waals surface area contributed by atoms with Crippen LogP contribution < -0.4 is 5.73 Å². The molecular formula is C13H13BrN4O. The molecule has 2 heterocycles. The summed E-state index contributed by atoms with van der Waals surface area (Å²) in [5, 5.41) is 0. The van der Waals surface area contributed by atoms with Crippen LogP contribution in [0.5, 0.6) is 0 Å². The molecule has 5 nitrogen and oxygen atoms in total. The van der Waals surface area contributed by atoms with E-state index >= 15 is 0 Å². The highest BCUT2D eigenvalue weighted by atomic mass is 79.9. The molecule has 0 atom stereocenters. The number of oxazole rings is 1. The number of benzene rings is 1. The van der Waals surface area contributed by atoms with Crippen molar-refractivity contribution >= 4 is 27.0 Å². The molecule has 98 valence electrons. The van der Waals surface area contributed by atoms with Crippen molar-refractivity contribution in [1.82, 2.24) is 14.5 Å². The Balaban J connectivity index is 2.12. The summed E-state index contributed by atoms with van der Waals surface area (Å²) in [7, 11) is 1.97. The van der Waals surface area contributed by atoms with E-state index in [1.54, 1.807) is 0 Å². The van der Waals surface area contributed by atoms with Crippen molar-refractivity contribution in [2.45, 2.75) is 6.42 Å². The van der Waals surface area contributed by atoms with Crippen LogP contribution in [0.3, 0.4) is 0 Å². The minimum atomic E-state index is 0.581. The number of imidazole rings is 1. The normalized spacial score (nSPS) is 11.3. The van der Waals surface area contributed by atoms with E-state index < -0.39 is 0 Å². The molecule has 0 amide bonds. The highest BCUT2D eigenvalue weighted by molar-refractivity contribution is 9.10. The summed E-state index contributed by atoms with van der Waals surface area (Å²) < 4.78 is 8.27. The van der Waals surface area contributed by atoms with Gasteiger partial charge in [-0.3, -0.25) is 0 Å². The van der Waals surface area contributed by atoms with E-state index in [0.717, 1.165) is 39.2 Å². The number of nitrogens with zero attached hydrogens (tertiary/aromatic N) is 3. The third-order valence-corrected chi connectivity index (χ3v) is 4.00. The number of fused-ring (bicyclic) bond motifs is 1. The topological polar surface area (TPSA) is 69.9 Å². The number of halogens is 1. The van der Waals surface area contributed by atoms with Crippen LogP contribution >= 0.6 is 15.9 Å². The Morgan fingerprint density at radius 2 is 2.26 bits per heavy atom. The molecule has 0 aliphatic carbocycles. The molecular weight excluding hydrogens is 308 g/mol. The minimum Gasteiger partial charge on any atom is -0.443 e. The lowest BCUT2D eigenvalue weighted by molar-refractivity contribution is 0.602. The Kier molecular flexibility index (Phi) is 3.12. The third-order valence-electron chi connectivity index (χ3n) is 3.09. The minimum absolute atomic E-state index is 0.581. The molecule has 0 saturated carbocycles. The SMILES string of the molecule is Cn1c(CCN)nc(-c2ccc3ncoc3c2)c1Br. The van der Waals surface area contributed by atoms with E-state index in [1.165, 1.54) is 6.39 Å². The van der Waals surface area contributed by atoms with Crippen LogP contribution in [-0.4, -0.2) is 21.1 Å². The maximum atomic E-state index is 5.60. The standard InChI is InChI=1S/C13H13BrN4O/c1-18-11(4-5-15)17-12(13(18)14)8-2-3-9-10(6-8)19-7-16-9/h2-3,6-7H,4-5,15H2,1H3. The Bertz CT molecular complexity index is 731. The van der Waals surface area contributed by atoms with Gasteiger partial charge in [-0.15, -0.1) is 0 Å². The van der Waals surface area contributed by atoms with Crippen LogP contribution in [0.1, 0.15) is 5.82 Å². The maximum absolute atomic E-state index is 5.60. The largest absolute Gasteiger partial charge is 0.443 e. The average Bonchev–Trinajstić information content (AvgIpc) is 2.98. The number of hydrogen-bond donors (Lipinski definition) is 1. The Morgan fingerprint density at radius 3 is 3.05 bits per heavy atom. The molecule has 0 unspecified atom stereocenters. The lowest BCUT2D eigenvalue weighted by atomic mass is 10.1. The second kappa shape index (κ2) is 4.79. The lowest BCUT2D eigenvalue weighted by Crippen LogP contribution is -2.07. The molecule has 0 aliphatic rings. The molecule has 0 saturated heterocycles. The molecule has 3 aromatic rings. The van der Waals surface area contributed by atoms with Gasteiger partial charge in [0, 0.05) is 19.0 Å². The van der Waals surface area contributed by atoms with Crippen LogP contribution in [0.4, 0.5) is 0 Å². The summed E-state index contributed by atoms with van der Waals surface area (Å²) in [6, 6.07) is 5.86. The van der Waals surface area contributed by atoms with Crippen molar-refractivity contribution in [3.63, 3.8) is 0 Å². The first-order chi connectivity index (χ1) is 9.20. The molecule has 3 rings (SSSR count). The Hall–Kier alpha value is -1.66. The zero-order chi connectivity index (χ0) is 13.4. The van der Waals surface area contributed by atoms with E-state index in [4.69, 9.17) is 10.2 Å². The van der Waals surface area contributed by atoms with Gasteiger partial charge in [-0.05, 0) is 34.6 Å². The van der Waals surface area contributed by atoms with Gasteiger partial charge in [0.15, 0.2) is 12.0 Å². The molecule has 1 aromatic carbocycles. The Morgan fingerprint density at radius 1 is 1.42 bits per heavy atom. The van der Waals surface area contributed by atoms with Gasteiger partial charge in [0.05, 0.1) is 0 Å². The molecule has 0 bridgehead atoms. The summed E-state index contributed by atoms with van der Waals surface area (Å²) in [5.41, 5.74) is 9.09. The smallest absolute Gasteiger partial charge is 0.181 e. The number of rotatable bonds is 3. The van der Waals surface area contributed by atoms with Crippen molar-refractivity contribution in [3.05, 3.63) is 35.0 Å². The van der Waals surface area contributed by atoms with Crippen LogP contribution in [0.2, 0.25) is 0 Å². The fourth-order valence-corrected chi connectivity index (χ4v) is 2.58. The molecule has 0 aliphatic heterocycles. The third kappa shape index (κ3) is 2.06. The van der Waals surface area contributed by atoms with Gasteiger partial charge < -0.3 is 14.7 Å². The maximum Gasteiger partial charge on any atom is 0.181 e. The highest BCUT2D eigenvalue weighted by Gasteiger charge is 2.14. The summed E-state index contributed by atoms with van der Waals surface area (Å²) in [6.45, 7) is 0.581. The molecule has 0 radical (unpaired) electrons. The van der Waals surface area contributed by atoms with Crippen LogP contribution in [0.15, 0.2) is 33.6 Å². The molecule has 19 heavy (non-hydrogen) atoms. The van der Waals surface area contributed by atoms with Crippen molar-refractivity contribution in [1.29, 1.82) is 0 Å². The highest BCUT2D eigenvalue weighted by Crippen LogP contribution is 2.30. The van der Waals surface area contributed by atoms with Gasteiger partial charge in [-0.2, -0.15) is 0 Å². The van der Waals surface area contributed by atoms with Gasteiger partial charge in [-0.25, -0.2) is 9.97 Å². The van der Waals surface area contributed by atoms with Crippen LogP contribution in [0.25, 0.3) is 22.4 Å². The second-order valence-corrected chi connectivity index (χ2v) is 5.05. The fraction of sp³-hybridized carbons (Fsp3) is 0.231. The van der Waals surface area contributed by atoms with Gasteiger partial charge in [0.25, 0.3) is 0 Å². The molecule has 2 N–H and O–H groups in total. The van der Waals surface area contributed by atoms with Crippen LogP contribution in [0, 0.1) is 0 Å². The second-order valence-electron chi connectivity index (χ2n) is 4.30.